The molecule has 3 atom stereocenters. The predicted octanol–water partition coefficient (Wildman–Crippen LogP) is 6.11. The van der Waals surface area contributed by atoms with Gasteiger partial charge in [-0.05, 0) is 13.0 Å². The van der Waals surface area contributed by atoms with Crippen LogP contribution in [0.1, 0.15) is 6.92 Å². The zero-order valence-corrected chi connectivity index (χ0v) is 15.2. The fourth-order valence-electron chi connectivity index (χ4n) is 1.88. The van der Waals surface area contributed by atoms with Gasteiger partial charge in [-0.25, -0.2) is 26.7 Å². The van der Waals surface area contributed by atoms with Gasteiger partial charge < -0.3 is 5.11 Å². The van der Waals surface area contributed by atoms with Crippen LogP contribution in [0.5, 0.6) is 0 Å². The van der Waals surface area contributed by atoms with Gasteiger partial charge in [-0.3, -0.25) is 0 Å². The fourth-order valence-corrected chi connectivity index (χ4v) is 1.88. The van der Waals surface area contributed by atoms with Gasteiger partial charge in [0.1, 0.15) is 0 Å². The number of carbonyl (C=O) groups is 1. The van der Waals surface area contributed by atoms with Crippen molar-refractivity contribution in [2.24, 2.45) is 0 Å². The number of aliphatic carboxylic acids is 1. The maximum atomic E-state index is 13.5. The Labute approximate surface area is 171 Å². The average Bonchev–Trinajstić information content (AvgIpc) is 2.65. The molecule has 3 unspecified atom stereocenters. The SMILES string of the molecule is CC(=CC(F)C(F)(F)C(F)(F)C(F)(F)C(F)(F)C(F)(F)C(F)(F)C(F)C(F)C(F)F)C(=O)O. The van der Waals surface area contributed by atoms with Gasteiger partial charge in [-0.15, -0.1) is 0 Å². The van der Waals surface area contributed by atoms with Crippen molar-refractivity contribution in [2.45, 2.75) is 67.4 Å². The lowest BCUT2D eigenvalue weighted by molar-refractivity contribution is -0.433. The van der Waals surface area contributed by atoms with E-state index in [9.17, 15) is 79.4 Å². The van der Waals surface area contributed by atoms with E-state index < -0.39 is 78.1 Å². The second kappa shape index (κ2) is 8.99. The average molecular weight is 532 g/mol. The number of carboxylic acid groups (broad SMARTS) is 1. The normalized spacial score (nSPS) is 18.3. The Morgan fingerprint density at radius 1 is 0.667 bits per heavy atom. The van der Waals surface area contributed by atoms with Crippen molar-refractivity contribution < 1.29 is 84.5 Å². The summed E-state index contributed by atoms with van der Waals surface area (Å²) in [4.78, 5) is 10.3. The molecule has 0 aliphatic carbocycles. The van der Waals surface area contributed by atoms with E-state index in [1.165, 1.54) is 0 Å². The Bertz CT molecular complexity index is 744. The number of hydrogen-bond donors (Lipinski definition) is 1. The van der Waals surface area contributed by atoms with Crippen LogP contribution < -0.4 is 0 Å². The van der Waals surface area contributed by atoms with Crippen molar-refractivity contribution >= 4 is 5.97 Å². The summed E-state index contributed by atoms with van der Waals surface area (Å²) >= 11 is 0. The fraction of sp³-hybridized carbons (Fsp3) is 0.786. The second-order valence-electron chi connectivity index (χ2n) is 6.28. The van der Waals surface area contributed by atoms with Crippen molar-refractivity contribution in [3.63, 3.8) is 0 Å². The van der Waals surface area contributed by atoms with E-state index in [4.69, 9.17) is 5.11 Å². The van der Waals surface area contributed by atoms with E-state index in [1.807, 2.05) is 0 Å². The Morgan fingerprint density at radius 3 is 1.30 bits per heavy atom. The first-order valence-electron chi connectivity index (χ1n) is 7.65. The maximum absolute atomic E-state index is 13.5. The molecule has 0 aromatic carbocycles. The van der Waals surface area contributed by atoms with Crippen LogP contribution in [-0.2, 0) is 4.79 Å². The van der Waals surface area contributed by atoms with Crippen LogP contribution in [0.2, 0.25) is 0 Å². The summed E-state index contributed by atoms with van der Waals surface area (Å²) < 4.78 is 224. The van der Waals surface area contributed by atoms with Crippen LogP contribution in [0, 0.1) is 0 Å². The summed E-state index contributed by atoms with van der Waals surface area (Å²) in [5.41, 5.74) is -1.62. The van der Waals surface area contributed by atoms with Crippen molar-refractivity contribution in [1.82, 2.24) is 0 Å². The van der Waals surface area contributed by atoms with Gasteiger partial charge in [0.2, 0.25) is 6.17 Å². The molecule has 0 spiro atoms. The monoisotopic (exact) mass is 532 g/mol. The molecule has 0 fully saturated rings. The molecule has 0 saturated heterocycles. The van der Waals surface area contributed by atoms with Crippen LogP contribution in [0.3, 0.4) is 0 Å². The van der Waals surface area contributed by atoms with Crippen molar-refractivity contribution in [3.8, 4) is 0 Å². The Kier molecular flexibility index (Phi) is 8.45. The Morgan fingerprint density at radius 2 is 1.00 bits per heavy atom. The number of halogens is 17. The molecule has 0 bridgehead atoms. The molecule has 0 aromatic rings. The molecule has 0 saturated carbocycles. The van der Waals surface area contributed by atoms with Crippen molar-refractivity contribution in [3.05, 3.63) is 11.6 Å². The maximum Gasteiger partial charge on any atom is 0.384 e. The molecular formula is C14H9F17O2. The molecule has 196 valence electrons. The first-order valence-corrected chi connectivity index (χ1v) is 7.65. The standard InChI is InChI=1S/C14H9F17O2/c1-3(8(32)33)2-4(15)9(20,21)11(24,25)13(28,29)14(30,31)12(26,27)10(22,23)6(17)5(16)7(18)19/h2,4-7H,1H3,(H,32,33). The number of allylic oxidation sites excluding steroid dienone is 1. The largest absolute Gasteiger partial charge is 0.478 e. The highest BCUT2D eigenvalue weighted by molar-refractivity contribution is 5.85. The van der Waals surface area contributed by atoms with E-state index >= 15 is 0 Å². The first-order chi connectivity index (χ1) is 14.3. The molecule has 19 heteroatoms. The summed E-state index contributed by atoms with van der Waals surface area (Å²) in [7, 11) is 0. The minimum absolute atomic E-state index is 0.197. The summed E-state index contributed by atoms with van der Waals surface area (Å²) in [6.45, 7) is 0.197. The van der Waals surface area contributed by atoms with Crippen LogP contribution in [0.15, 0.2) is 11.6 Å². The highest BCUT2D eigenvalue weighted by Gasteiger charge is 2.91. The zero-order chi connectivity index (χ0) is 27.2. The molecule has 1 N–H and O–H groups in total. The smallest absolute Gasteiger partial charge is 0.384 e. The van der Waals surface area contributed by atoms with Gasteiger partial charge in [-0.1, -0.05) is 0 Å². The molecule has 0 radical (unpaired) electrons. The Balaban J connectivity index is 6.63. The van der Waals surface area contributed by atoms with E-state index in [1.54, 1.807) is 0 Å². The van der Waals surface area contributed by atoms with Crippen molar-refractivity contribution in [1.29, 1.82) is 0 Å². The number of rotatable bonds is 11. The predicted molar refractivity (Wildman–Crippen MR) is 71.8 cm³/mol. The molecule has 0 aliphatic rings. The summed E-state index contributed by atoms with van der Waals surface area (Å²) in [5, 5.41) is 8.28. The molecule has 0 aromatic heterocycles. The van der Waals surface area contributed by atoms with Gasteiger partial charge in [0.05, 0.1) is 0 Å². The molecule has 2 nitrogen and oxygen atoms in total. The highest BCUT2D eigenvalue weighted by Crippen LogP contribution is 2.61. The Hall–Kier alpha value is -1.98. The lowest BCUT2D eigenvalue weighted by atomic mass is 9.87. The van der Waals surface area contributed by atoms with E-state index in [0.29, 0.717) is 0 Å². The van der Waals surface area contributed by atoms with Gasteiger partial charge in [-0.2, -0.15) is 52.7 Å². The van der Waals surface area contributed by atoms with Gasteiger partial charge in [0.15, 0.2) is 12.3 Å². The van der Waals surface area contributed by atoms with Gasteiger partial charge >= 0.3 is 41.5 Å². The molecular weight excluding hydrogens is 523 g/mol. The van der Waals surface area contributed by atoms with E-state index in [2.05, 4.69) is 0 Å². The summed E-state index contributed by atoms with van der Waals surface area (Å²) in [6.07, 6.45) is -21.7. The van der Waals surface area contributed by atoms with Gasteiger partial charge in [0, 0.05) is 5.57 Å². The van der Waals surface area contributed by atoms with Crippen LogP contribution >= 0.6 is 0 Å². The number of alkyl halides is 17. The highest BCUT2D eigenvalue weighted by atomic mass is 19.4. The minimum Gasteiger partial charge on any atom is -0.478 e. The summed E-state index contributed by atoms with van der Waals surface area (Å²) in [5.74, 6) is -50.3. The summed E-state index contributed by atoms with van der Waals surface area (Å²) in [6, 6.07) is 0. The first kappa shape index (κ1) is 31.0. The molecule has 0 heterocycles. The number of hydrogen-bond acceptors (Lipinski definition) is 1. The van der Waals surface area contributed by atoms with Gasteiger partial charge in [0.25, 0.3) is 6.43 Å². The topological polar surface area (TPSA) is 37.3 Å². The van der Waals surface area contributed by atoms with Crippen LogP contribution in [0.25, 0.3) is 0 Å². The molecule has 33 heavy (non-hydrogen) atoms. The molecule has 0 aliphatic heterocycles. The third-order valence-electron chi connectivity index (χ3n) is 3.97. The quantitative estimate of drug-likeness (QED) is 0.258. The second-order valence-corrected chi connectivity index (χ2v) is 6.28. The molecule has 0 rings (SSSR count). The third kappa shape index (κ3) is 4.67. The molecule has 0 amide bonds. The minimum atomic E-state index is -8.46. The zero-order valence-electron chi connectivity index (χ0n) is 15.2. The van der Waals surface area contributed by atoms with Crippen LogP contribution in [0.4, 0.5) is 74.6 Å². The van der Waals surface area contributed by atoms with Crippen LogP contribution in [-0.4, -0.2) is 71.6 Å². The van der Waals surface area contributed by atoms with Crippen molar-refractivity contribution in [2.75, 3.05) is 0 Å². The number of carboxylic acids is 1. The lowest BCUT2D eigenvalue weighted by Crippen LogP contribution is -2.73. The lowest BCUT2D eigenvalue weighted by Gasteiger charge is -2.42. The third-order valence-corrected chi connectivity index (χ3v) is 3.97. The van der Waals surface area contributed by atoms with E-state index in [0.717, 1.165) is 0 Å². The van der Waals surface area contributed by atoms with E-state index in [-0.39, 0.29) is 6.92 Å².